The summed E-state index contributed by atoms with van der Waals surface area (Å²) in [5.41, 5.74) is 3.46. The van der Waals surface area contributed by atoms with E-state index in [1.165, 1.54) is 17.7 Å². The SMILES string of the molecule is C=Cc1ccc(C=C)cc1.C=Cc1ccccc1.O=S(=O)(Cl)c1ccccc1. The molecule has 3 rings (SSSR count). The van der Waals surface area contributed by atoms with E-state index in [1.807, 2.05) is 72.8 Å². The highest BCUT2D eigenvalue weighted by molar-refractivity contribution is 8.13. The Hall–Kier alpha value is -2.88. The third-order valence-electron chi connectivity index (χ3n) is 3.47. The zero-order chi connectivity index (χ0) is 20.8. The van der Waals surface area contributed by atoms with Gasteiger partial charge in [0.1, 0.15) is 0 Å². The summed E-state index contributed by atoms with van der Waals surface area (Å²) in [7, 11) is 1.50. The summed E-state index contributed by atoms with van der Waals surface area (Å²) in [6.07, 6.45) is 5.49. The molecule has 0 aliphatic rings. The van der Waals surface area contributed by atoms with Gasteiger partial charge >= 0.3 is 0 Å². The van der Waals surface area contributed by atoms with Gasteiger partial charge in [-0.25, -0.2) is 8.42 Å². The smallest absolute Gasteiger partial charge is 0.207 e. The Morgan fingerprint density at radius 1 is 0.571 bits per heavy atom. The molecule has 144 valence electrons. The van der Waals surface area contributed by atoms with Gasteiger partial charge in [0.15, 0.2) is 0 Å². The topological polar surface area (TPSA) is 34.1 Å². The van der Waals surface area contributed by atoms with Crippen LogP contribution in [0.4, 0.5) is 0 Å². The first-order valence-electron chi connectivity index (χ1n) is 8.43. The zero-order valence-electron chi connectivity index (χ0n) is 15.5. The molecule has 0 aromatic heterocycles. The minimum absolute atomic E-state index is 0.136. The summed E-state index contributed by atoms with van der Waals surface area (Å²) in [5.74, 6) is 0. The van der Waals surface area contributed by atoms with Gasteiger partial charge in [-0.2, -0.15) is 0 Å². The van der Waals surface area contributed by atoms with Crippen molar-refractivity contribution in [3.63, 3.8) is 0 Å². The quantitative estimate of drug-likeness (QED) is 0.437. The fourth-order valence-corrected chi connectivity index (χ4v) is 2.73. The molecule has 0 heterocycles. The van der Waals surface area contributed by atoms with Crippen LogP contribution in [-0.4, -0.2) is 8.42 Å². The van der Waals surface area contributed by atoms with Gasteiger partial charge in [0.2, 0.25) is 0 Å². The second-order valence-corrected chi connectivity index (χ2v) is 8.01. The standard InChI is InChI=1S/C10H10.C8H8.C6H5ClO2S/c1-3-9-5-7-10(4-2)8-6-9;1-2-8-6-4-3-5-7-8;7-10(8,9)6-4-2-1-3-5-6/h3-8H,1-2H2;2-7H,1H2;1-5H. The number of benzene rings is 3. The van der Waals surface area contributed by atoms with Gasteiger partial charge in [0.05, 0.1) is 4.90 Å². The third-order valence-corrected chi connectivity index (χ3v) is 4.84. The van der Waals surface area contributed by atoms with Gasteiger partial charge in [-0.05, 0) is 28.8 Å². The maximum Gasteiger partial charge on any atom is 0.261 e. The monoisotopic (exact) mass is 410 g/mol. The van der Waals surface area contributed by atoms with Crippen molar-refractivity contribution in [1.82, 2.24) is 0 Å². The molecule has 0 unspecified atom stereocenters. The largest absolute Gasteiger partial charge is 0.261 e. The highest BCUT2D eigenvalue weighted by atomic mass is 35.7. The Kier molecular flexibility index (Phi) is 10.3. The maximum absolute atomic E-state index is 10.6. The maximum atomic E-state index is 10.6. The summed E-state index contributed by atoms with van der Waals surface area (Å²) in [4.78, 5) is 0.136. The Bertz CT molecular complexity index is 935. The molecule has 0 aliphatic heterocycles. The lowest BCUT2D eigenvalue weighted by Crippen LogP contribution is -1.87. The molecule has 0 bridgehead atoms. The summed E-state index contributed by atoms with van der Waals surface area (Å²) < 4.78 is 21.2. The van der Waals surface area contributed by atoms with Crippen molar-refractivity contribution in [2.45, 2.75) is 4.90 Å². The molecular weight excluding hydrogens is 388 g/mol. The minimum Gasteiger partial charge on any atom is -0.207 e. The lowest BCUT2D eigenvalue weighted by molar-refractivity contribution is 0.609. The molecule has 0 saturated heterocycles. The lowest BCUT2D eigenvalue weighted by Gasteiger charge is -1.92. The molecule has 0 radical (unpaired) electrons. The van der Waals surface area contributed by atoms with E-state index >= 15 is 0 Å². The third kappa shape index (κ3) is 9.17. The highest BCUT2D eigenvalue weighted by Crippen LogP contribution is 2.12. The molecule has 0 aliphatic carbocycles. The lowest BCUT2D eigenvalue weighted by atomic mass is 10.1. The normalized spacial score (nSPS) is 9.61. The average molecular weight is 411 g/mol. The number of hydrogen-bond acceptors (Lipinski definition) is 2. The van der Waals surface area contributed by atoms with Crippen LogP contribution >= 0.6 is 10.7 Å². The molecule has 0 amide bonds. The van der Waals surface area contributed by atoms with Crippen LogP contribution in [0.2, 0.25) is 0 Å². The Balaban J connectivity index is 0.000000212. The fourth-order valence-electron chi connectivity index (χ4n) is 1.94. The Labute approximate surface area is 172 Å². The van der Waals surface area contributed by atoms with Gasteiger partial charge in [-0.15, -0.1) is 0 Å². The van der Waals surface area contributed by atoms with Crippen LogP contribution in [0, 0.1) is 0 Å². The van der Waals surface area contributed by atoms with Crippen molar-refractivity contribution in [1.29, 1.82) is 0 Å². The average Bonchev–Trinajstić information content (AvgIpc) is 2.75. The Morgan fingerprint density at radius 3 is 1.14 bits per heavy atom. The Morgan fingerprint density at radius 2 is 0.893 bits per heavy atom. The van der Waals surface area contributed by atoms with Crippen LogP contribution in [0.3, 0.4) is 0 Å². The first-order valence-corrected chi connectivity index (χ1v) is 10.7. The molecule has 0 N–H and O–H groups in total. The summed E-state index contributed by atoms with van der Waals surface area (Å²) in [5, 5.41) is 0. The molecule has 28 heavy (non-hydrogen) atoms. The predicted molar refractivity (Wildman–Crippen MR) is 123 cm³/mol. The molecule has 2 nitrogen and oxygen atoms in total. The molecule has 0 atom stereocenters. The second-order valence-electron chi connectivity index (χ2n) is 5.44. The van der Waals surface area contributed by atoms with E-state index in [-0.39, 0.29) is 4.90 Å². The van der Waals surface area contributed by atoms with Crippen LogP contribution in [-0.2, 0) is 9.05 Å². The number of rotatable bonds is 4. The van der Waals surface area contributed by atoms with E-state index in [4.69, 9.17) is 10.7 Å². The van der Waals surface area contributed by atoms with Crippen molar-refractivity contribution in [2.75, 3.05) is 0 Å². The van der Waals surface area contributed by atoms with Gasteiger partial charge in [0, 0.05) is 10.7 Å². The van der Waals surface area contributed by atoms with Crippen molar-refractivity contribution >= 4 is 38.0 Å². The van der Waals surface area contributed by atoms with Gasteiger partial charge in [-0.3, -0.25) is 0 Å². The van der Waals surface area contributed by atoms with Crippen LogP contribution < -0.4 is 0 Å². The molecule has 0 saturated carbocycles. The minimum atomic E-state index is -3.53. The van der Waals surface area contributed by atoms with Gasteiger partial charge in [-0.1, -0.05) is 111 Å². The number of halogens is 1. The van der Waals surface area contributed by atoms with Crippen molar-refractivity contribution in [2.24, 2.45) is 0 Å². The predicted octanol–water partition coefficient (Wildman–Crippen LogP) is 6.92. The molecular formula is C24H23ClO2S. The molecule has 3 aromatic carbocycles. The number of hydrogen-bond donors (Lipinski definition) is 0. The van der Waals surface area contributed by atoms with Gasteiger partial charge < -0.3 is 0 Å². The van der Waals surface area contributed by atoms with Gasteiger partial charge in [0.25, 0.3) is 9.05 Å². The second kappa shape index (κ2) is 12.5. The summed E-state index contributed by atoms with van der Waals surface area (Å²) in [6, 6.07) is 26.0. The molecule has 4 heteroatoms. The summed E-state index contributed by atoms with van der Waals surface area (Å²) >= 11 is 0. The van der Waals surface area contributed by atoms with Crippen molar-refractivity contribution < 1.29 is 8.42 Å². The fraction of sp³-hybridized carbons (Fsp3) is 0. The first-order chi connectivity index (χ1) is 13.4. The molecule has 0 spiro atoms. The van der Waals surface area contributed by atoms with Crippen LogP contribution in [0.15, 0.2) is 110 Å². The van der Waals surface area contributed by atoms with Crippen molar-refractivity contribution in [3.8, 4) is 0 Å². The van der Waals surface area contributed by atoms with Crippen LogP contribution in [0.1, 0.15) is 16.7 Å². The van der Waals surface area contributed by atoms with Crippen LogP contribution in [0.5, 0.6) is 0 Å². The molecule has 3 aromatic rings. The zero-order valence-corrected chi connectivity index (χ0v) is 17.1. The summed E-state index contributed by atoms with van der Waals surface area (Å²) in [6.45, 7) is 11.0. The highest BCUT2D eigenvalue weighted by Gasteiger charge is 2.06. The van der Waals surface area contributed by atoms with E-state index in [0.717, 1.165) is 11.1 Å². The van der Waals surface area contributed by atoms with E-state index in [0.29, 0.717) is 0 Å². The van der Waals surface area contributed by atoms with E-state index in [2.05, 4.69) is 19.7 Å². The van der Waals surface area contributed by atoms with E-state index in [1.54, 1.807) is 18.2 Å². The van der Waals surface area contributed by atoms with E-state index < -0.39 is 9.05 Å². The molecule has 0 fully saturated rings. The van der Waals surface area contributed by atoms with Crippen molar-refractivity contribution in [3.05, 3.63) is 121 Å². The first kappa shape index (κ1) is 23.2. The van der Waals surface area contributed by atoms with Crippen LogP contribution in [0.25, 0.3) is 18.2 Å². The van der Waals surface area contributed by atoms with E-state index in [9.17, 15) is 8.42 Å².